The summed E-state index contributed by atoms with van der Waals surface area (Å²) in [5, 5.41) is 3.46. The molecule has 0 heterocycles. The van der Waals surface area contributed by atoms with Crippen LogP contribution in [0.15, 0.2) is 24.3 Å². The lowest BCUT2D eigenvalue weighted by molar-refractivity contribution is -0.122. The lowest BCUT2D eigenvalue weighted by Crippen LogP contribution is -2.49. The van der Waals surface area contributed by atoms with Crippen molar-refractivity contribution >= 4 is 33.2 Å². The molecule has 0 aliphatic heterocycles. The minimum atomic E-state index is -3.58. The molecule has 1 N–H and O–H groups in total. The number of halogens is 1. The summed E-state index contributed by atoms with van der Waals surface area (Å²) < 4.78 is 25.4. The molecule has 1 aromatic rings. The Morgan fingerprint density at radius 3 is 2.32 bits per heavy atom. The summed E-state index contributed by atoms with van der Waals surface area (Å²) in [5.41, 5.74) is 0.431. The van der Waals surface area contributed by atoms with Gasteiger partial charge < -0.3 is 5.32 Å². The molecule has 0 saturated heterocycles. The zero-order valence-corrected chi connectivity index (χ0v) is 14.3. The van der Waals surface area contributed by atoms with Gasteiger partial charge in [0, 0.05) is 11.1 Å². The summed E-state index contributed by atoms with van der Waals surface area (Å²) in [7, 11) is -3.58. The van der Waals surface area contributed by atoms with Crippen LogP contribution in [0.5, 0.6) is 0 Å². The number of nitrogens with zero attached hydrogens (tertiary/aromatic N) is 1. The lowest BCUT2D eigenvalue weighted by atomic mass is 10.2. The van der Waals surface area contributed by atoms with Crippen LogP contribution in [-0.2, 0) is 14.8 Å². The average Bonchev–Trinajstić information content (AvgIpc) is 2.92. The number of amides is 1. The standard InChI is InChI=1S/C15H21ClN2O3S/c1-11(15(19)17-13-5-3-4-6-13)18(22(2,20)21)14-9-7-12(16)8-10-14/h7-11,13H,3-6H2,1-2H3,(H,17,19)/t11-/m0/s1. The van der Waals surface area contributed by atoms with Gasteiger partial charge in [-0.25, -0.2) is 8.42 Å². The van der Waals surface area contributed by atoms with Crippen molar-refractivity contribution in [3.8, 4) is 0 Å². The van der Waals surface area contributed by atoms with E-state index in [0.717, 1.165) is 36.2 Å². The summed E-state index contributed by atoms with van der Waals surface area (Å²) in [4.78, 5) is 12.4. The topological polar surface area (TPSA) is 66.5 Å². The Morgan fingerprint density at radius 2 is 1.82 bits per heavy atom. The van der Waals surface area contributed by atoms with Gasteiger partial charge in [0.25, 0.3) is 0 Å². The van der Waals surface area contributed by atoms with E-state index in [9.17, 15) is 13.2 Å². The van der Waals surface area contributed by atoms with Crippen molar-refractivity contribution in [3.05, 3.63) is 29.3 Å². The summed E-state index contributed by atoms with van der Waals surface area (Å²) in [6.07, 6.45) is 5.22. The first-order chi connectivity index (χ1) is 10.3. The van der Waals surface area contributed by atoms with Gasteiger partial charge in [0.1, 0.15) is 6.04 Å². The van der Waals surface area contributed by atoms with Crippen LogP contribution in [0, 0.1) is 0 Å². The van der Waals surface area contributed by atoms with Gasteiger partial charge in [-0.05, 0) is 44.0 Å². The number of hydrogen-bond donors (Lipinski definition) is 1. The predicted molar refractivity (Wildman–Crippen MR) is 88.6 cm³/mol. The highest BCUT2D eigenvalue weighted by Crippen LogP contribution is 2.24. The van der Waals surface area contributed by atoms with E-state index in [0.29, 0.717) is 10.7 Å². The number of hydrogen-bond acceptors (Lipinski definition) is 3. The van der Waals surface area contributed by atoms with Gasteiger partial charge in [-0.1, -0.05) is 24.4 Å². The van der Waals surface area contributed by atoms with E-state index in [1.54, 1.807) is 31.2 Å². The van der Waals surface area contributed by atoms with Crippen molar-refractivity contribution in [2.24, 2.45) is 0 Å². The highest BCUT2D eigenvalue weighted by atomic mass is 35.5. The Morgan fingerprint density at radius 1 is 1.27 bits per heavy atom. The summed E-state index contributed by atoms with van der Waals surface area (Å²) in [6.45, 7) is 1.60. The Hall–Kier alpha value is -1.27. The average molecular weight is 345 g/mol. The molecule has 5 nitrogen and oxygen atoms in total. The molecule has 1 fully saturated rings. The molecular formula is C15H21ClN2O3S. The predicted octanol–water partition coefficient (Wildman–Crippen LogP) is 2.55. The largest absolute Gasteiger partial charge is 0.352 e. The van der Waals surface area contributed by atoms with Crippen molar-refractivity contribution in [2.75, 3.05) is 10.6 Å². The van der Waals surface area contributed by atoms with E-state index >= 15 is 0 Å². The first-order valence-corrected chi connectivity index (χ1v) is 9.57. The molecule has 1 amide bonds. The molecule has 0 aromatic heterocycles. The maximum absolute atomic E-state index is 12.4. The normalized spacial score (nSPS) is 17.2. The third-order valence-corrected chi connectivity index (χ3v) is 5.36. The van der Waals surface area contributed by atoms with Crippen LogP contribution in [0.2, 0.25) is 5.02 Å². The second-order valence-electron chi connectivity index (χ2n) is 5.70. The van der Waals surface area contributed by atoms with Gasteiger partial charge in [-0.15, -0.1) is 0 Å². The number of rotatable bonds is 5. The molecule has 0 unspecified atom stereocenters. The zero-order chi connectivity index (χ0) is 16.3. The molecule has 1 atom stereocenters. The summed E-state index contributed by atoms with van der Waals surface area (Å²) >= 11 is 5.84. The number of carbonyl (C=O) groups excluding carboxylic acids is 1. The van der Waals surface area contributed by atoms with Crippen LogP contribution in [0.4, 0.5) is 5.69 Å². The number of sulfonamides is 1. The van der Waals surface area contributed by atoms with Gasteiger partial charge in [0.05, 0.1) is 11.9 Å². The number of benzene rings is 1. The van der Waals surface area contributed by atoms with Crippen LogP contribution in [-0.4, -0.2) is 32.7 Å². The lowest BCUT2D eigenvalue weighted by Gasteiger charge is -2.29. The van der Waals surface area contributed by atoms with E-state index in [1.165, 1.54) is 0 Å². The third kappa shape index (κ3) is 4.14. The molecule has 1 saturated carbocycles. The number of carbonyl (C=O) groups is 1. The molecule has 0 spiro atoms. The molecule has 2 rings (SSSR count). The second-order valence-corrected chi connectivity index (χ2v) is 8.00. The number of anilines is 1. The molecule has 122 valence electrons. The van der Waals surface area contributed by atoms with Crippen molar-refractivity contribution in [2.45, 2.75) is 44.7 Å². The highest BCUT2D eigenvalue weighted by Gasteiger charge is 2.30. The van der Waals surface area contributed by atoms with E-state index < -0.39 is 16.1 Å². The fourth-order valence-corrected chi connectivity index (χ4v) is 4.09. The van der Waals surface area contributed by atoms with Crippen molar-refractivity contribution in [1.82, 2.24) is 5.32 Å². The molecule has 0 bridgehead atoms. The van der Waals surface area contributed by atoms with Crippen molar-refractivity contribution < 1.29 is 13.2 Å². The fourth-order valence-electron chi connectivity index (χ4n) is 2.79. The molecule has 1 aliphatic carbocycles. The van der Waals surface area contributed by atoms with E-state index in [1.807, 2.05) is 0 Å². The fraction of sp³-hybridized carbons (Fsp3) is 0.533. The van der Waals surface area contributed by atoms with Crippen molar-refractivity contribution in [1.29, 1.82) is 0 Å². The summed E-state index contributed by atoms with van der Waals surface area (Å²) in [5.74, 6) is -0.271. The van der Waals surface area contributed by atoms with E-state index in [2.05, 4.69) is 5.32 Å². The van der Waals surface area contributed by atoms with Gasteiger partial charge in [-0.2, -0.15) is 0 Å². The molecule has 1 aliphatic rings. The van der Waals surface area contributed by atoms with Crippen molar-refractivity contribution in [3.63, 3.8) is 0 Å². The van der Waals surface area contributed by atoms with Gasteiger partial charge in [0.15, 0.2) is 0 Å². The van der Waals surface area contributed by atoms with E-state index in [4.69, 9.17) is 11.6 Å². The minimum absolute atomic E-state index is 0.154. The molecule has 22 heavy (non-hydrogen) atoms. The van der Waals surface area contributed by atoms with Crippen LogP contribution in [0.1, 0.15) is 32.6 Å². The maximum Gasteiger partial charge on any atom is 0.243 e. The number of nitrogens with one attached hydrogen (secondary N) is 1. The van der Waals surface area contributed by atoms with Gasteiger partial charge in [-0.3, -0.25) is 9.10 Å². The molecule has 0 radical (unpaired) electrons. The quantitative estimate of drug-likeness (QED) is 0.892. The van der Waals surface area contributed by atoms with Crippen LogP contribution in [0.25, 0.3) is 0 Å². The maximum atomic E-state index is 12.4. The van der Waals surface area contributed by atoms with Crippen LogP contribution in [0.3, 0.4) is 0 Å². The second kappa shape index (κ2) is 6.87. The Bertz CT molecular complexity index is 625. The first kappa shape index (κ1) is 17.1. The molecule has 7 heteroatoms. The van der Waals surface area contributed by atoms with Crippen LogP contribution >= 0.6 is 11.6 Å². The summed E-state index contributed by atoms with van der Waals surface area (Å²) in [6, 6.07) is 5.76. The van der Waals surface area contributed by atoms with Crippen LogP contribution < -0.4 is 9.62 Å². The minimum Gasteiger partial charge on any atom is -0.352 e. The van der Waals surface area contributed by atoms with Gasteiger partial charge >= 0.3 is 0 Å². The Labute approximate surface area is 136 Å². The Kier molecular flexibility index (Phi) is 5.34. The molecular weight excluding hydrogens is 324 g/mol. The molecule has 1 aromatic carbocycles. The first-order valence-electron chi connectivity index (χ1n) is 7.34. The highest BCUT2D eigenvalue weighted by molar-refractivity contribution is 7.92. The van der Waals surface area contributed by atoms with E-state index in [-0.39, 0.29) is 11.9 Å². The third-order valence-electron chi connectivity index (χ3n) is 3.87. The Balaban J connectivity index is 2.21. The smallest absolute Gasteiger partial charge is 0.243 e. The zero-order valence-electron chi connectivity index (χ0n) is 12.8. The monoisotopic (exact) mass is 344 g/mol. The SMILES string of the molecule is C[C@@H](C(=O)NC1CCCC1)N(c1ccc(Cl)cc1)S(C)(=O)=O. The van der Waals surface area contributed by atoms with Gasteiger partial charge in [0.2, 0.25) is 15.9 Å².